The molecule has 0 fully saturated rings. The van der Waals surface area contributed by atoms with E-state index in [0.717, 1.165) is 21.5 Å². The first-order valence-corrected chi connectivity index (χ1v) is 6.62. The molecule has 1 N–H and O–H groups in total. The average molecular weight is 270 g/mol. The fraction of sp³-hybridized carbons (Fsp3) is 0.0714. The summed E-state index contributed by atoms with van der Waals surface area (Å²) >= 11 is 1.42. The molecule has 0 amide bonds. The second kappa shape index (κ2) is 4.78. The normalized spacial score (nSPS) is 10.7. The van der Waals surface area contributed by atoms with Gasteiger partial charge in [0.05, 0.1) is 12.1 Å². The minimum atomic E-state index is -0.872. The van der Waals surface area contributed by atoms with Crippen LogP contribution in [0.3, 0.4) is 0 Å². The Labute approximate surface area is 113 Å². The summed E-state index contributed by atoms with van der Waals surface area (Å²) in [5, 5.41) is 13.4. The van der Waals surface area contributed by atoms with Gasteiger partial charge >= 0.3 is 5.97 Å². The van der Waals surface area contributed by atoms with Crippen LogP contribution in [0.2, 0.25) is 0 Å². The van der Waals surface area contributed by atoms with Gasteiger partial charge in [0.1, 0.15) is 10.7 Å². The Hall–Kier alpha value is -2.27. The van der Waals surface area contributed by atoms with E-state index in [1.807, 2.05) is 30.3 Å². The van der Waals surface area contributed by atoms with Gasteiger partial charge in [0, 0.05) is 17.0 Å². The van der Waals surface area contributed by atoms with Crippen LogP contribution in [0.1, 0.15) is 5.69 Å². The summed E-state index contributed by atoms with van der Waals surface area (Å²) in [6.45, 7) is 0. The number of hydrogen-bond donors (Lipinski definition) is 1. The first-order valence-electron chi connectivity index (χ1n) is 5.74. The van der Waals surface area contributed by atoms with Crippen molar-refractivity contribution in [3.8, 4) is 10.7 Å². The van der Waals surface area contributed by atoms with Crippen molar-refractivity contribution in [1.29, 1.82) is 0 Å². The lowest BCUT2D eigenvalue weighted by atomic mass is 10.1. The predicted octanol–water partition coefficient (Wildman–Crippen LogP) is 2.99. The van der Waals surface area contributed by atoms with Gasteiger partial charge in [0.15, 0.2) is 0 Å². The number of carboxylic acid groups (broad SMARTS) is 1. The highest BCUT2D eigenvalue weighted by Crippen LogP contribution is 2.28. The molecule has 1 aromatic carbocycles. The first-order chi connectivity index (χ1) is 9.24. The third kappa shape index (κ3) is 2.32. The lowest BCUT2D eigenvalue weighted by Gasteiger charge is -2.01. The zero-order valence-electron chi connectivity index (χ0n) is 9.91. The van der Waals surface area contributed by atoms with Crippen LogP contribution in [-0.4, -0.2) is 21.0 Å². The molecule has 4 nitrogen and oxygen atoms in total. The molecule has 0 unspecified atom stereocenters. The smallest absolute Gasteiger partial charge is 0.309 e. The van der Waals surface area contributed by atoms with Crippen molar-refractivity contribution in [3.05, 3.63) is 47.6 Å². The SMILES string of the molecule is O=C(O)Cc1csc(-c2nccc3ccccc23)n1. The number of benzene rings is 1. The molecule has 0 aliphatic carbocycles. The Morgan fingerprint density at radius 1 is 1.26 bits per heavy atom. The summed E-state index contributed by atoms with van der Waals surface area (Å²) in [5.74, 6) is -0.872. The Kier molecular flexibility index (Phi) is 2.97. The molecular weight excluding hydrogens is 260 g/mol. The number of rotatable bonds is 3. The number of carbonyl (C=O) groups is 1. The molecule has 0 atom stereocenters. The van der Waals surface area contributed by atoms with Crippen molar-refractivity contribution < 1.29 is 9.90 Å². The fourth-order valence-corrected chi connectivity index (χ4v) is 2.77. The van der Waals surface area contributed by atoms with Crippen molar-refractivity contribution in [2.45, 2.75) is 6.42 Å². The summed E-state index contributed by atoms with van der Waals surface area (Å²) in [7, 11) is 0. The number of aliphatic carboxylic acids is 1. The summed E-state index contributed by atoms with van der Waals surface area (Å²) < 4.78 is 0. The van der Waals surface area contributed by atoms with Gasteiger partial charge in [-0.15, -0.1) is 11.3 Å². The lowest BCUT2D eigenvalue weighted by molar-refractivity contribution is -0.136. The molecule has 94 valence electrons. The molecule has 0 bridgehead atoms. The zero-order valence-corrected chi connectivity index (χ0v) is 10.7. The molecule has 2 heterocycles. The average Bonchev–Trinajstić information content (AvgIpc) is 2.85. The lowest BCUT2D eigenvalue weighted by Crippen LogP contribution is -2.00. The third-order valence-electron chi connectivity index (χ3n) is 2.76. The maximum absolute atomic E-state index is 10.7. The fourth-order valence-electron chi connectivity index (χ4n) is 1.94. The van der Waals surface area contributed by atoms with Crippen LogP contribution >= 0.6 is 11.3 Å². The van der Waals surface area contributed by atoms with Crippen molar-refractivity contribution in [2.75, 3.05) is 0 Å². The van der Waals surface area contributed by atoms with Crippen LogP contribution in [0.5, 0.6) is 0 Å². The van der Waals surface area contributed by atoms with E-state index in [-0.39, 0.29) is 6.42 Å². The van der Waals surface area contributed by atoms with Gasteiger partial charge < -0.3 is 5.11 Å². The van der Waals surface area contributed by atoms with Crippen molar-refractivity contribution in [2.24, 2.45) is 0 Å². The topological polar surface area (TPSA) is 63.1 Å². The molecule has 0 saturated carbocycles. The van der Waals surface area contributed by atoms with Crippen LogP contribution in [0.25, 0.3) is 21.5 Å². The zero-order chi connectivity index (χ0) is 13.2. The van der Waals surface area contributed by atoms with Gasteiger partial charge in [-0.3, -0.25) is 9.78 Å². The molecule has 5 heteroatoms. The minimum Gasteiger partial charge on any atom is -0.481 e. The van der Waals surface area contributed by atoms with E-state index in [0.29, 0.717) is 5.69 Å². The number of thiazole rings is 1. The Balaban J connectivity index is 2.09. The summed E-state index contributed by atoms with van der Waals surface area (Å²) in [4.78, 5) is 19.4. The van der Waals surface area contributed by atoms with E-state index in [9.17, 15) is 4.79 Å². The largest absolute Gasteiger partial charge is 0.481 e. The molecule has 0 aliphatic heterocycles. The summed E-state index contributed by atoms with van der Waals surface area (Å²) in [5.41, 5.74) is 1.38. The maximum Gasteiger partial charge on any atom is 0.309 e. The molecule has 0 saturated heterocycles. The van der Waals surface area contributed by atoms with Crippen LogP contribution in [0.4, 0.5) is 0 Å². The van der Waals surface area contributed by atoms with E-state index in [4.69, 9.17) is 5.11 Å². The van der Waals surface area contributed by atoms with Crippen molar-refractivity contribution in [3.63, 3.8) is 0 Å². The second-order valence-electron chi connectivity index (χ2n) is 4.10. The third-order valence-corrected chi connectivity index (χ3v) is 3.66. The highest BCUT2D eigenvalue weighted by atomic mass is 32.1. The van der Waals surface area contributed by atoms with Crippen LogP contribution in [0, 0.1) is 0 Å². The van der Waals surface area contributed by atoms with Crippen LogP contribution in [-0.2, 0) is 11.2 Å². The molecule has 2 aromatic heterocycles. The van der Waals surface area contributed by atoms with Gasteiger partial charge in [-0.25, -0.2) is 4.98 Å². The highest BCUT2D eigenvalue weighted by Gasteiger charge is 2.11. The second-order valence-corrected chi connectivity index (χ2v) is 4.95. The first kappa shape index (κ1) is 11.8. The number of fused-ring (bicyclic) bond motifs is 1. The number of pyridine rings is 1. The molecular formula is C14H10N2O2S. The standard InChI is InChI=1S/C14H10N2O2S/c17-12(18)7-10-8-19-14(16-10)13-11-4-2-1-3-9(11)5-6-15-13/h1-6,8H,7H2,(H,17,18). The van der Waals surface area contributed by atoms with E-state index in [2.05, 4.69) is 9.97 Å². The maximum atomic E-state index is 10.7. The molecule has 0 spiro atoms. The van der Waals surface area contributed by atoms with Gasteiger partial charge in [0.2, 0.25) is 0 Å². The Morgan fingerprint density at radius 3 is 2.95 bits per heavy atom. The molecule has 19 heavy (non-hydrogen) atoms. The number of aromatic nitrogens is 2. The molecule has 3 rings (SSSR count). The molecule has 0 aliphatic rings. The minimum absolute atomic E-state index is 0.0543. The van der Waals surface area contributed by atoms with Crippen molar-refractivity contribution in [1.82, 2.24) is 9.97 Å². The van der Waals surface area contributed by atoms with Gasteiger partial charge in [0.25, 0.3) is 0 Å². The number of nitrogens with zero attached hydrogens (tertiary/aromatic N) is 2. The predicted molar refractivity (Wildman–Crippen MR) is 74.2 cm³/mol. The number of hydrogen-bond acceptors (Lipinski definition) is 4. The van der Waals surface area contributed by atoms with E-state index < -0.39 is 5.97 Å². The van der Waals surface area contributed by atoms with Crippen molar-refractivity contribution >= 4 is 28.1 Å². The monoisotopic (exact) mass is 270 g/mol. The van der Waals surface area contributed by atoms with Gasteiger partial charge in [-0.05, 0) is 11.5 Å². The summed E-state index contributed by atoms with van der Waals surface area (Å²) in [6.07, 6.45) is 1.69. The summed E-state index contributed by atoms with van der Waals surface area (Å²) in [6, 6.07) is 9.90. The van der Waals surface area contributed by atoms with Crippen LogP contribution < -0.4 is 0 Å². The quantitative estimate of drug-likeness (QED) is 0.794. The number of carboxylic acids is 1. The van der Waals surface area contributed by atoms with E-state index >= 15 is 0 Å². The van der Waals surface area contributed by atoms with Gasteiger partial charge in [-0.1, -0.05) is 24.3 Å². The Morgan fingerprint density at radius 2 is 2.11 bits per heavy atom. The molecule has 0 radical (unpaired) electrons. The van der Waals surface area contributed by atoms with E-state index in [1.165, 1.54) is 11.3 Å². The molecule has 3 aromatic rings. The highest BCUT2D eigenvalue weighted by molar-refractivity contribution is 7.13. The van der Waals surface area contributed by atoms with E-state index in [1.54, 1.807) is 11.6 Å². The Bertz CT molecular complexity index is 747. The van der Waals surface area contributed by atoms with Gasteiger partial charge in [-0.2, -0.15) is 0 Å². The van der Waals surface area contributed by atoms with Crippen LogP contribution in [0.15, 0.2) is 41.9 Å².